The predicted octanol–water partition coefficient (Wildman–Crippen LogP) is 2.96. The van der Waals surface area contributed by atoms with Crippen molar-refractivity contribution in [2.45, 2.75) is 13.5 Å². The van der Waals surface area contributed by atoms with Crippen LogP contribution in [-0.2, 0) is 20.9 Å². The molecule has 0 radical (unpaired) electrons. The van der Waals surface area contributed by atoms with Crippen molar-refractivity contribution in [2.75, 3.05) is 27.9 Å². The zero-order valence-electron chi connectivity index (χ0n) is 16.2. The molecule has 7 nitrogen and oxygen atoms in total. The van der Waals surface area contributed by atoms with Gasteiger partial charge in [0.15, 0.2) is 18.1 Å². The fourth-order valence-corrected chi connectivity index (χ4v) is 3.19. The fourth-order valence-electron chi connectivity index (χ4n) is 2.37. The second kappa shape index (κ2) is 10.4. The lowest BCUT2D eigenvalue weighted by Crippen LogP contribution is -2.28. The van der Waals surface area contributed by atoms with Gasteiger partial charge in [-0.3, -0.25) is 4.79 Å². The zero-order chi connectivity index (χ0) is 20.5. The molecule has 0 saturated carbocycles. The number of amides is 1. The molecule has 0 spiro atoms. The van der Waals surface area contributed by atoms with Gasteiger partial charge in [-0.25, -0.2) is 4.79 Å². The van der Waals surface area contributed by atoms with E-state index in [-0.39, 0.29) is 13.2 Å². The highest BCUT2D eigenvalue weighted by Crippen LogP contribution is 2.38. The van der Waals surface area contributed by atoms with E-state index >= 15 is 0 Å². The Morgan fingerprint density at radius 2 is 1.79 bits per heavy atom. The van der Waals surface area contributed by atoms with Crippen molar-refractivity contribution in [2.24, 2.45) is 0 Å². The molecular formula is C20H23NO6S. The smallest absolute Gasteiger partial charge is 0.331 e. The molecule has 1 heterocycles. The first kappa shape index (κ1) is 21.3. The third-order valence-corrected chi connectivity index (χ3v) is 4.82. The van der Waals surface area contributed by atoms with Crippen molar-refractivity contribution in [3.8, 4) is 17.2 Å². The molecule has 0 aliphatic carbocycles. The monoisotopic (exact) mass is 405 g/mol. The Labute approximate surface area is 167 Å². The van der Waals surface area contributed by atoms with Crippen LogP contribution in [0.5, 0.6) is 17.2 Å². The summed E-state index contributed by atoms with van der Waals surface area (Å²) in [6.07, 6.45) is 2.99. The van der Waals surface area contributed by atoms with E-state index < -0.39 is 11.9 Å². The standard InChI is InChI=1S/C20H23NO6S/c1-13-7-8-28-17(13)5-6-19(23)27-12-18(22)21-11-14-9-15(24-2)20(26-4)16(10-14)25-3/h5-10H,11-12H2,1-4H3,(H,21,22)/b6-5+. The summed E-state index contributed by atoms with van der Waals surface area (Å²) in [5, 5.41) is 4.62. The summed E-state index contributed by atoms with van der Waals surface area (Å²) in [4.78, 5) is 24.7. The van der Waals surface area contributed by atoms with Gasteiger partial charge in [0, 0.05) is 17.5 Å². The van der Waals surface area contributed by atoms with E-state index in [0.29, 0.717) is 17.2 Å². The summed E-state index contributed by atoms with van der Waals surface area (Å²) in [6, 6.07) is 5.44. The van der Waals surface area contributed by atoms with Crippen LogP contribution in [0.4, 0.5) is 0 Å². The largest absolute Gasteiger partial charge is 0.493 e. The second-order valence-corrected chi connectivity index (χ2v) is 6.67. The lowest BCUT2D eigenvalue weighted by molar-refractivity contribution is -0.143. The number of rotatable bonds is 9. The maximum atomic E-state index is 11.9. The van der Waals surface area contributed by atoms with Gasteiger partial charge >= 0.3 is 5.97 Å². The van der Waals surface area contributed by atoms with Gasteiger partial charge in [-0.15, -0.1) is 11.3 Å². The second-order valence-electron chi connectivity index (χ2n) is 5.72. The molecule has 1 aromatic carbocycles. The van der Waals surface area contributed by atoms with Crippen LogP contribution in [0, 0.1) is 6.92 Å². The molecule has 2 aromatic rings. The van der Waals surface area contributed by atoms with E-state index in [2.05, 4.69) is 5.32 Å². The number of carbonyl (C=O) groups excluding carboxylic acids is 2. The van der Waals surface area contributed by atoms with Gasteiger partial charge in [0.25, 0.3) is 5.91 Å². The first-order valence-corrected chi connectivity index (χ1v) is 9.31. The quantitative estimate of drug-likeness (QED) is 0.510. The van der Waals surface area contributed by atoms with E-state index in [4.69, 9.17) is 18.9 Å². The van der Waals surface area contributed by atoms with Crippen LogP contribution < -0.4 is 19.5 Å². The Morgan fingerprint density at radius 1 is 1.11 bits per heavy atom. The molecule has 150 valence electrons. The highest BCUT2D eigenvalue weighted by atomic mass is 32.1. The molecule has 0 atom stereocenters. The maximum Gasteiger partial charge on any atom is 0.331 e. The summed E-state index contributed by atoms with van der Waals surface area (Å²) in [6.45, 7) is 1.81. The van der Waals surface area contributed by atoms with Gasteiger partial charge in [0.05, 0.1) is 21.3 Å². The first-order chi connectivity index (χ1) is 13.5. The topological polar surface area (TPSA) is 83.1 Å². The van der Waals surface area contributed by atoms with Crippen LogP contribution in [0.15, 0.2) is 29.7 Å². The van der Waals surface area contributed by atoms with Crippen molar-refractivity contribution >= 4 is 29.3 Å². The maximum absolute atomic E-state index is 11.9. The fraction of sp³-hybridized carbons (Fsp3) is 0.300. The molecule has 1 N–H and O–H groups in total. The predicted molar refractivity (Wildman–Crippen MR) is 107 cm³/mol. The van der Waals surface area contributed by atoms with Crippen molar-refractivity contribution in [1.82, 2.24) is 5.32 Å². The number of thiophene rings is 1. The number of carbonyl (C=O) groups is 2. The third kappa shape index (κ3) is 5.75. The minimum absolute atomic E-state index is 0.220. The average Bonchev–Trinajstić information content (AvgIpc) is 3.12. The number of esters is 1. The van der Waals surface area contributed by atoms with Crippen molar-refractivity contribution < 1.29 is 28.5 Å². The molecule has 2 rings (SSSR count). The van der Waals surface area contributed by atoms with E-state index in [0.717, 1.165) is 16.0 Å². The number of ether oxygens (including phenoxy) is 4. The molecule has 0 bridgehead atoms. The van der Waals surface area contributed by atoms with Gasteiger partial charge in [-0.1, -0.05) is 0 Å². The van der Waals surface area contributed by atoms with Crippen LogP contribution >= 0.6 is 11.3 Å². The summed E-state index contributed by atoms with van der Waals surface area (Å²) in [5.41, 5.74) is 1.83. The average molecular weight is 405 g/mol. The summed E-state index contributed by atoms with van der Waals surface area (Å²) >= 11 is 1.53. The van der Waals surface area contributed by atoms with Gasteiger partial charge in [-0.2, -0.15) is 0 Å². The number of benzene rings is 1. The lowest BCUT2D eigenvalue weighted by atomic mass is 10.1. The van der Waals surface area contributed by atoms with Gasteiger partial charge in [0.2, 0.25) is 5.75 Å². The van der Waals surface area contributed by atoms with Gasteiger partial charge in [-0.05, 0) is 47.7 Å². The highest BCUT2D eigenvalue weighted by Gasteiger charge is 2.14. The Balaban J connectivity index is 1.86. The normalized spacial score (nSPS) is 10.6. The van der Waals surface area contributed by atoms with E-state index in [1.165, 1.54) is 38.7 Å². The van der Waals surface area contributed by atoms with E-state index in [9.17, 15) is 9.59 Å². The van der Waals surface area contributed by atoms with Crippen LogP contribution in [0.3, 0.4) is 0 Å². The number of hydrogen-bond acceptors (Lipinski definition) is 7. The minimum atomic E-state index is -0.573. The number of methoxy groups -OCH3 is 3. The molecule has 0 aliphatic heterocycles. The zero-order valence-corrected chi connectivity index (χ0v) is 17.1. The third-order valence-electron chi connectivity index (χ3n) is 3.83. The van der Waals surface area contributed by atoms with Crippen molar-refractivity contribution in [3.63, 3.8) is 0 Å². The highest BCUT2D eigenvalue weighted by molar-refractivity contribution is 7.11. The molecule has 28 heavy (non-hydrogen) atoms. The molecule has 0 aliphatic rings. The Hall–Kier alpha value is -3.00. The minimum Gasteiger partial charge on any atom is -0.493 e. The summed E-state index contributed by atoms with van der Waals surface area (Å²) in [5.74, 6) is 0.471. The molecule has 8 heteroatoms. The molecular weight excluding hydrogens is 382 g/mol. The SMILES string of the molecule is COc1cc(CNC(=O)COC(=O)/C=C/c2sccc2C)cc(OC)c1OC. The number of nitrogens with one attached hydrogen (secondary N) is 1. The van der Waals surface area contributed by atoms with Gasteiger partial charge < -0.3 is 24.3 Å². The van der Waals surface area contributed by atoms with Crippen LogP contribution in [0.25, 0.3) is 6.08 Å². The van der Waals surface area contributed by atoms with Crippen molar-refractivity contribution in [3.05, 3.63) is 45.7 Å². The number of aryl methyl sites for hydroxylation is 1. The molecule has 0 unspecified atom stereocenters. The Bertz CT molecular complexity index is 833. The Morgan fingerprint density at radius 3 is 2.32 bits per heavy atom. The molecule has 1 aromatic heterocycles. The van der Waals surface area contributed by atoms with Gasteiger partial charge in [0.1, 0.15) is 0 Å². The van der Waals surface area contributed by atoms with E-state index in [1.54, 1.807) is 18.2 Å². The van der Waals surface area contributed by atoms with Crippen LogP contribution in [-0.4, -0.2) is 39.8 Å². The molecule has 0 fully saturated rings. The molecule has 1 amide bonds. The lowest BCUT2D eigenvalue weighted by Gasteiger charge is -2.14. The molecule has 0 saturated heterocycles. The van der Waals surface area contributed by atoms with E-state index in [1.807, 2.05) is 18.4 Å². The summed E-state index contributed by atoms with van der Waals surface area (Å²) < 4.78 is 20.8. The first-order valence-electron chi connectivity index (χ1n) is 8.43. The van der Waals surface area contributed by atoms with Crippen molar-refractivity contribution in [1.29, 1.82) is 0 Å². The Kier molecular flexibility index (Phi) is 7.88. The summed E-state index contributed by atoms with van der Waals surface area (Å²) in [7, 11) is 4.55. The number of hydrogen-bond donors (Lipinski definition) is 1. The van der Waals surface area contributed by atoms with Crippen LogP contribution in [0.2, 0.25) is 0 Å². The van der Waals surface area contributed by atoms with Crippen LogP contribution in [0.1, 0.15) is 16.0 Å².